The minimum Gasteiger partial charge on any atom is -0.463 e. The van der Waals surface area contributed by atoms with Crippen molar-refractivity contribution in [2.24, 2.45) is 11.8 Å². The predicted molar refractivity (Wildman–Crippen MR) is 114 cm³/mol. The van der Waals surface area contributed by atoms with Gasteiger partial charge in [-0.25, -0.2) is 0 Å². The van der Waals surface area contributed by atoms with Crippen LogP contribution in [0, 0.1) is 11.8 Å². The van der Waals surface area contributed by atoms with Crippen molar-refractivity contribution in [3.63, 3.8) is 0 Å². The van der Waals surface area contributed by atoms with Gasteiger partial charge in [0.1, 0.15) is 5.69 Å². The summed E-state index contributed by atoms with van der Waals surface area (Å²) >= 11 is 0. The van der Waals surface area contributed by atoms with Gasteiger partial charge in [0.15, 0.2) is 11.6 Å². The van der Waals surface area contributed by atoms with E-state index in [-0.39, 0.29) is 5.92 Å². The molecule has 156 valence electrons. The Bertz CT molecular complexity index is 759. The summed E-state index contributed by atoms with van der Waals surface area (Å²) in [5.41, 5.74) is 0.738. The van der Waals surface area contributed by atoms with Gasteiger partial charge in [0.05, 0.1) is 6.26 Å². The zero-order valence-corrected chi connectivity index (χ0v) is 17.4. The molecule has 0 radical (unpaired) electrons. The Labute approximate surface area is 173 Å². The smallest absolute Gasteiger partial charge is 0.225 e. The summed E-state index contributed by atoms with van der Waals surface area (Å²) in [6.45, 7) is 5.43. The third kappa shape index (κ3) is 4.80. The monoisotopic (exact) mass is 396 g/mol. The molecule has 0 N–H and O–H groups in total. The van der Waals surface area contributed by atoms with Gasteiger partial charge in [-0.15, -0.1) is 10.2 Å². The molecular formula is C23H32N4O2. The number of furan rings is 1. The lowest BCUT2D eigenvalue weighted by Gasteiger charge is -2.38. The largest absolute Gasteiger partial charge is 0.463 e. The van der Waals surface area contributed by atoms with Crippen LogP contribution in [0.3, 0.4) is 0 Å². The van der Waals surface area contributed by atoms with Crippen LogP contribution in [0.4, 0.5) is 5.82 Å². The predicted octanol–water partition coefficient (Wildman–Crippen LogP) is 4.38. The lowest BCUT2D eigenvalue weighted by atomic mass is 9.79. The molecule has 1 aliphatic heterocycles. The number of unbranched alkanes of at least 4 members (excludes halogenated alkanes) is 1. The van der Waals surface area contributed by atoms with E-state index in [9.17, 15) is 4.79 Å². The molecule has 0 spiro atoms. The molecule has 2 fully saturated rings. The van der Waals surface area contributed by atoms with E-state index in [0.717, 1.165) is 62.2 Å². The van der Waals surface area contributed by atoms with E-state index in [0.29, 0.717) is 5.91 Å². The Morgan fingerprint density at radius 1 is 1.07 bits per heavy atom. The third-order valence-electron chi connectivity index (χ3n) is 6.50. The highest BCUT2D eigenvalue weighted by Gasteiger charge is 2.31. The molecule has 29 heavy (non-hydrogen) atoms. The van der Waals surface area contributed by atoms with E-state index in [2.05, 4.69) is 26.9 Å². The van der Waals surface area contributed by atoms with Gasteiger partial charge in [0.2, 0.25) is 5.91 Å². The zero-order valence-electron chi connectivity index (χ0n) is 17.4. The number of rotatable bonds is 6. The number of nitrogens with zero attached hydrogens (tertiary/aromatic N) is 4. The van der Waals surface area contributed by atoms with E-state index in [1.165, 1.54) is 32.1 Å². The fourth-order valence-corrected chi connectivity index (χ4v) is 4.65. The lowest BCUT2D eigenvalue weighted by Crippen LogP contribution is -2.51. The standard InChI is InChI=1S/C23H32N4O2/c1-2-3-5-18-7-9-19(10-8-18)23(28)27-15-13-26(14-16-27)22-12-11-20(24-25-22)21-6-4-17-29-21/h4,6,11-12,17-19H,2-3,5,7-10,13-16H2,1H3. The van der Waals surface area contributed by atoms with Gasteiger partial charge in [-0.05, 0) is 55.9 Å². The van der Waals surface area contributed by atoms with Gasteiger partial charge >= 0.3 is 0 Å². The maximum atomic E-state index is 13.0. The summed E-state index contributed by atoms with van der Waals surface area (Å²) in [6.07, 6.45) is 10.2. The number of carbonyl (C=O) groups is 1. The molecule has 2 aromatic rings. The second kappa shape index (κ2) is 9.42. The van der Waals surface area contributed by atoms with Crippen molar-refractivity contribution >= 4 is 11.7 Å². The van der Waals surface area contributed by atoms with Crippen LogP contribution in [0.25, 0.3) is 11.5 Å². The van der Waals surface area contributed by atoms with Crippen molar-refractivity contribution in [3.05, 3.63) is 30.5 Å². The number of carbonyl (C=O) groups excluding carboxylic acids is 1. The minimum atomic E-state index is 0.242. The summed E-state index contributed by atoms with van der Waals surface area (Å²) in [5, 5.41) is 8.65. The molecule has 0 aromatic carbocycles. The number of amides is 1. The van der Waals surface area contributed by atoms with Crippen LogP contribution >= 0.6 is 0 Å². The molecule has 0 unspecified atom stereocenters. The average molecular weight is 397 g/mol. The second-order valence-electron chi connectivity index (χ2n) is 8.43. The minimum absolute atomic E-state index is 0.242. The van der Waals surface area contributed by atoms with Crippen LogP contribution in [0.5, 0.6) is 0 Å². The zero-order chi connectivity index (χ0) is 20.1. The van der Waals surface area contributed by atoms with Gasteiger partial charge in [0.25, 0.3) is 0 Å². The molecule has 0 bridgehead atoms. The van der Waals surface area contributed by atoms with E-state index in [4.69, 9.17) is 4.42 Å². The third-order valence-corrected chi connectivity index (χ3v) is 6.50. The van der Waals surface area contributed by atoms with Crippen LogP contribution in [0.15, 0.2) is 34.9 Å². The van der Waals surface area contributed by atoms with Crippen molar-refractivity contribution in [3.8, 4) is 11.5 Å². The van der Waals surface area contributed by atoms with Crippen LogP contribution in [-0.4, -0.2) is 47.2 Å². The first-order chi connectivity index (χ1) is 14.2. The molecule has 0 atom stereocenters. The fraction of sp³-hybridized carbons (Fsp3) is 0.609. The molecule has 4 rings (SSSR count). The molecule has 1 aliphatic carbocycles. The Kier molecular flexibility index (Phi) is 6.47. The van der Waals surface area contributed by atoms with Crippen molar-refractivity contribution in [2.75, 3.05) is 31.1 Å². The van der Waals surface area contributed by atoms with Crippen molar-refractivity contribution < 1.29 is 9.21 Å². The van der Waals surface area contributed by atoms with E-state index in [1.54, 1.807) is 6.26 Å². The molecule has 6 nitrogen and oxygen atoms in total. The van der Waals surface area contributed by atoms with E-state index in [1.807, 2.05) is 24.3 Å². The SMILES string of the molecule is CCCCC1CCC(C(=O)N2CCN(c3ccc(-c4ccco4)nn3)CC2)CC1. The number of aromatic nitrogens is 2. The number of hydrogen-bond donors (Lipinski definition) is 0. The van der Waals surface area contributed by atoms with Crippen molar-refractivity contribution in [1.29, 1.82) is 0 Å². The summed E-state index contributed by atoms with van der Waals surface area (Å²) in [4.78, 5) is 17.2. The maximum Gasteiger partial charge on any atom is 0.225 e. The first-order valence-corrected chi connectivity index (χ1v) is 11.2. The van der Waals surface area contributed by atoms with Crippen LogP contribution in [0.2, 0.25) is 0 Å². The highest BCUT2D eigenvalue weighted by Crippen LogP contribution is 2.33. The summed E-state index contributed by atoms with van der Waals surface area (Å²) in [7, 11) is 0. The molecule has 2 aromatic heterocycles. The Morgan fingerprint density at radius 3 is 2.48 bits per heavy atom. The normalized spacial score (nSPS) is 22.7. The van der Waals surface area contributed by atoms with Crippen LogP contribution in [0.1, 0.15) is 51.9 Å². The first-order valence-electron chi connectivity index (χ1n) is 11.2. The quantitative estimate of drug-likeness (QED) is 0.725. The maximum absolute atomic E-state index is 13.0. The van der Waals surface area contributed by atoms with E-state index < -0.39 is 0 Å². The van der Waals surface area contributed by atoms with Gasteiger partial charge in [0, 0.05) is 32.1 Å². The van der Waals surface area contributed by atoms with Crippen LogP contribution in [-0.2, 0) is 4.79 Å². The Hall–Kier alpha value is -2.37. The summed E-state index contributed by atoms with van der Waals surface area (Å²) in [6, 6.07) is 7.65. The Morgan fingerprint density at radius 2 is 1.86 bits per heavy atom. The van der Waals surface area contributed by atoms with Crippen LogP contribution < -0.4 is 4.90 Å². The average Bonchev–Trinajstić information content (AvgIpc) is 3.33. The van der Waals surface area contributed by atoms with Gasteiger partial charge in [-0.3, -0.25) is 4.79 Å². The topological polar surface area (TPSA) is 62.5 Å². The Balaban J connectivity index is 1.25. The fourth-order valence-electron chi connectivity index (χ4n) is 4.65. The number of anilines is 1. The lowest BCUT2D eigenvalue weighted by molar-refractivity contribution is -0.137. The molecule has 3 heterocycles. The number of hydrogen-bond acceptors (Lipinski definition) is 5. The molecule has 6 heteroatoms. The van der Waals surface area contributed by atoms with Gasteiger partial charge in [-0.1, -0.05) is 26.2 Å². The van der Waals surface area contributed by atoms with E-state index >= 15 is 0 Å². The first kappa shape index (κ1) is 19.9. The summed E-state index contributed by atoms with van der Waals surface area (Å²) < 4.78 is 5.37. The van der Waals surface area contributed by atoms with Crippen molar-refractivity contribution in [1.82, 2.24) is 15.1 Å². The second-order valence-corrected chi connectivity index (χ2v) is 8.43. The van der Waals surface area contributed by atoms with Gasteiger partial charge in [-0.2, -0.15) is 0 Å². The molecule has 2 aliphatic rings. The molecule has 1 saturated carbocycles. The molecular weight excluding hydrogens is 364 g/mol. The highest BCUT2D eigenvalue weighted by molar-refractivity contribution is 5.79. The van der Waals surface area contributed by atoms with Crippen molar-refractivity contribution in [2.45, 2.75) is 51.9 Å². The van der Waals surface area contributed by atoms with Gasteiger partial charge < -0.3 is 14.2 Å². The molecule has 1 saturated heterocycles. The number of piperazine rings is 1. The molecule has 1 amide bonds. The summed E-state index contributed by atoms with van der Waals surface area (Å²) in [5.74, 6) is 3.05. The highest BCUT2D eigenvalue weighted by atomic mass is 16.3.